The maximum atomic E-state index is 7.23. The quantitative estimate of drug-likeness (QED) is 0.0785. The van der Waals surface area contributed by atoms with Crippen molar-refractivity contribution >= 4 is 25.0 Å². The van der Waals surface area contributed by atoms with E-state index in [2.05, 4.69) is 127 Å². The highest BCUT2D eigenvalue weighted by molar-refractivity contribution is 6.74. The maximum Gasteiger partial charge on any atom is 0.193 e. The molecule has 0 amide bonds. The molecule has 5 atom stereocenters. The third-order valence-electron chi connectivity index (χ3n) is 11.9. The van der Waals surface area contributed by atoms with E-state index < -0.39 is 30.6 Å². The molecule has 0 saturated heterocycles. The van der Waals surface area contributed by atoms with Gasteiger partial charge in [-0.15, -0.1) is 0 Å². The number of allylic oxidation sites excluding steroid dienone is 1. The number of benzene rings is 1. The first-order valence-electron chi connectivity index (χ1n) is 19.3. The largest absolute Gasteiger partial charge is 0.497 e. The zero-order valence-electron chi connectivity index (χ0n) is 34.4. The zero-order valence-corrected chi connectivity index (χ0v) is 37.4. The van der Waals surface area contributed by atoms with Gasteiger partial charge in [-0.25, -0.2) is 0 Å². The summed E-state index contributed by atoms with van der Waals surface area (Å²) < 4.78 is 33.1. The number of hydrogen-bond donors (Lipinski definition) is 0. The molecule has 0 radical (unpaired) electrons. The molecule has 1 aromatic rings. The molecule has 1 aromatic carbocycles. The molecule has 48 heavy (non-hydrogen) atoms. The summed E-state index contributed by atoms with van der Waals surface area (Å²) in [6.45, 7) is 36.0. The molecule has 0 unspecified atom stereocenters. The molecule has 5 nitrogen and oxygen atoms in total. The summed E-state index contributed by atoms with van der Waals surface area (Å²) in [4.78, 5) is 0. The highest BCUT2D eigenvalue weighted by atomic mass is 28.4. The molecular weight excluding hydrogens is 645 g/mol. The van der Waals surface area contributed by atoms with Gasteiger partial charge in [0.1, 0.15) is 5.75 Å². The summed E-state index contributed by atoms with van der Waals surface area (Å²) in [5.41, 5.74) is 0.736. The molecule has 280 valence electrons. The second-order valence-corrected chi connectivity index (χ2v) is 30.5. The molecule has 0 aromatic heterocycles. The summed E-state index contributed by atoms with van der Waals surface area (Å²) in [5.74, 6) is 1.56. The fourth-order valence-electron chi connectivity index (χ4n) is 6.31. The predicted octanol–water partition coefficient (Wildman–Crippen LogP) is 12.4. The minimum Gasteiger partial charge on any atom is -0.497 e. The first-order chi connectivity index (χ1) is 22.3. The second-order valence-electron chi connectivity index (χ2n) is 16.3. The van der Waals surface area contributed by atoms with Crippen molar-refractivity contribution in [2.75, 3.05) is 13.7 Å². The van der Waals surface area contributed by atoms with Crippen LogP contribution >= 0.6 is 0 Å². The lowest BCUT2D eigenvalue weighted by atomic mass is 9.89. The summed E-state index contributed by atoms with van der Waals surface area (Å²) in [7, 11) is -3.79. The lowest BCUT2D eigenvalue weighted by Gasteiger charge is -2.41. The molecule has 0 saturated carbocycles. The number of hydrogen-bond acceptors (Lipinski definition) is 5. The predicted molar refractivity (Wildman–Crippen MR) is 216 cm³/mol. The van der Waals surface area contributed by atoms with E-state index in [9.17, 15) is 0 Å². The Morgan fingerprint density at radius 3 is 1.73 bits per heavy atom. The van der Waals surface area contributed by atoms with Crippen molar-refractivity contribution in [3.05, 3.63) is 42.0 Å². The van der Waals surface area contributed by atoms with Crippen LogP contribution in [0.3, 0.4) is 0 Å². The first-order valence-corrected chi connectivity index (χ1v) is 27.2. The molecule has 0 aliphatic carbocycles. The summed E-state index contributed by atoms with van der Waals surface area (Å²) in [5, 5.41) is 0.184. The first kappa shape index (κ1) is 45.3. The lowest BCUT2D eigenvalue weighted by molar-refractivity contribution is -0.0191. The molecule has 8 heteroatoms. The van der Waals surface area contributed by atoms with Crippen LogP contribution in [-0.4, -0.2) is 56.5 Å². The van der Waals surface area contributed by atoms with E-state index in [1.54, 1.807) is 7.11 Å². The minimum absolute atomic E-state index is 0.0939. The Morgan fingerprint density at radius 1 is 0.750 bits per heavy atom. The third-order valence-corrected chi connectivity index (χ3v) is 25.9. The van der Waals surface area contributed by atoms with Crippen LogP contribution in [-0.2, 0) is 24.6 Å². The highest BCUT2D eigenvalue weighted by Gasteiger charge is 2.41. The smallest absolute Gasteiger partial charge is 0.193 e. The molecule has 0 aliphatic rings. The molecule has 0 heterocycles. The van der Waals surface area contributed by atoms with E-state index >= 15 is 0 Å². The molecule has 0 fully saturated rings. The van der Waals surface area contributed by atoms with Crippen LogP contribution in [0, 0.1) is 11.8 Å². The fourth-order valence-corrected chi connectivity index (χ4v) is 13.6. The Labute approximate surface area is 301 Å². The van der Waals surface area contributed by atoms with Crippen LogP contribution in [0.25, 0.3) is 0 Å². The molecule has 0 bridgehead atoms. The van der Waals surface area contributed by atoms with E-state index in [1.165, 1.54) is 0 Å². The monoisotopic (exact) mass is 723 g/mol. The van der Waals surface area contributed by atoms with E-state index in [0.29, 0.717) is 25.0 Å². The molecular formula is C40H78O5Si3. The van der Waals surface area contributed by atoms with E-state index in [0.717, 1.165) is 60.4 Å². The third kappa shape index (κ3) is 13.8. The Hall–Kier alpha value is -0.749. The average molecular weight is 723 g/mol. The fraction of sp³-hybridized carbons (Fsp3) is 0.800. The summed E-state index contributed by atoms with van der Waals surface area (Å²) in [6.07, 6.45) is 6.85. The van der Waals surface area contributed by atoms with Gasteiger partial charge in [-0.2, -0.15) is 0 Å². The van der Waals surface area contributed by atoms with Crippen molar-refractivity contribution in [3.8, 4) is 5.75 Å². The highest BCUT2D eigenvalue weighted by Crippen LogP contribution is 2.39. The van der Waals surface area contributed by atoms with Crippen molar-refractivity contribution in [1.82, 2.24) is 0 Å². The van der Waals surface area contributed by atoms with E-state index in [-0.39, 0.29) is 17.2 Å². The van der Waals surface area contributed by atoms with Crippen molar-refractivity contribution in [3.63, 3.8) is 0 Å². The Bertz CT molecular complexity index is 1030. The van der Waals surface area contributed by atoms with Crippen molar-refractivity contribution in [2.24, 2.45) is 11.8 Å². The number of ether oxygens (including phenoxy) is 2. The normalized spacial score (nSPS) is 17.2. The van der Waals surface area contributed by atoms with Crippen molar-refractivity contribution in [1.29, 1.82) is 0 Å². The minimum atomic E-state index is -1.87. The Morgan fingerprint density at radius 2 is 1.27 bits per heavy atom. The van der Waals surface area contributed by atoms with Gasteiger partial charge in [-0.3, -0.25) is 0 Å². The van der Waals surface area contributed by atoms with E-state index in [4.69, 9.17) is 22.8 Å². The molecule has 1 rings (SSSR count). The van der Waals surface area contributed by atoms with Crippen LogP contribution in [0.5, 0.6) is 5.75 Å². The SMILES string of the molecule is CC[Si](CC)(CC)OC[C@](C)(/C=C/C[C@H](C)[C@@H](C[C@@H](C)[C@@H](C)O[Si](C)(C)C(C)(C)C)OCc1ccc(OC)cc1)O[Si](CC)(CC)CC. The van der Waals surface area contributed by atoms with Crippen LogP contribution in [0.2, 0.25) is 54.4 Å². The van der Waals surface area contributed by atoms with Gasteiger partial charge in [0.15, 0.2) is 25.0 Å². The van der Waals surface area contributed by atoms with Crippen LogP contribution in [0.4, 0.5) is 0 Å². The zero-order chi connectivity index (χ0) is 36.8. The second kappa shape index (κ2) is 20.3. The Kier molecular flexibility index (Phi) is 19.2. The van der Waals surface area contributed by atoms with Gasteiger partial charge in [-0.05, 0) is 111 Å². The molecule has 0 spiro atoms. The number of rotatable bonds is 24. The van der Waals surface area contributed by atoms with Gasteiger partial charge < -0.3 is 22.8 Å². The standard InChI is InChI=1S/C40H78O5Si3/c1-17-47(18-2,19-3)43-32-40(13,45-48(20-4,21-5)22-6)29-23-24-33(7)38(42-31-36-25-27-37(41-14)28-26-36)30-34(8)35(9)44-46(15,16)39(10,11)12/h23,25-29,33-35,38H,17-22,24,30-32H2,1-16H3/b29-23+/t33-,34+,35+,38+,40-/m0/s1. The average Bonchev–Trinajstić information content (AvgIpc) is 3.06. The van der Waals surface area contributed by atoms with Crippen LogP contribution in [0.15, 0.2) is 36.4 Å². The number of methoxy groups -OCH3 is 1. The van der Waals surface area contributed by atoms with Gasteiger partial charge in [0.2, 0.25) is 0 Å². The Balaban J connectivity index is 3.29. The maximum absolute atomic E-state index is 7.23. The van der Waals surface area contributed by atoms with Crippen LogP contribution < -0.4 is 4.74 Å². The summed E-state index contributed by atoms with van der Waals surface area (Å²) in [6, 6.07) is 15.1. The van der Waals surface area contributed by atoms with Crippen molar-refractivity contribution < 1.29 is 22.8 Å². The van der Waals surface area contributed by atoms with Gasteiger partial charge in [0, 0.05) is 6.10 Å². The van der Waals surface area contributed by atoms with Gasteiger partial charge in [-0.1, -0.05) is 100 Å². The topological polar surface area (TPSA) is 46.2 Å². The molecule has 0 N–H and O–H groups in total. The van der Waals surface area contributed by atoms with Gasteiger partial charge >= 0.3 is 0 Å². The van der Waals surface area contributed by atoms with Crippen molar-refractivity contribution in [2.45, 2.75) is 182 Å². The van der Waals surface area contributed by atoms with Gasteiger partial charge in [0.05, 0.1) is 32.0 Å². The van der Waals surface area contributed by atoms with Crippen LogP contribution in [0.1, 0.15) is 108 Å². The summed E-state index contributed by atoms with van der Waals surface area (Å²) >= 11 is 0. The lowest BCUT2D eigenvalue weighted by Crippen LogP contribution is -2.49. The van der Waals surface area contributed by atoms with Gasteiger partial charge in [0.25, 0.3) is 0 Å². The van der Waals surface area contributed by atoms with E-state index in [1.807, 2.05) is 12.1 Å². The molecule has 0 aliphatic heterocycles.